The van der Waals surface area contributed by atoms with Crippen LogP contribution in [0.5, 0.6) is 0 Å². The minimum Gasteiger partial charge on any atom is -0.389 e. The van der Waals surface area contributed by atoms with Crippen LogP contribution in [0.15, 0.2) is 35.7 Å². The molecule has 0 saturated carbocycles. The van der Waals surface area contributed by atoms with Gasteiger partial charge >= 0.3 is 0 Å². The van der Waals surface area contributed by atoms with Gasteiger partial charge in [-0.25, -0.2) is 0 Å². The van der Waals surface area contributed by atoms with Crippen LogP contribution in [0.2, 0.25) is 0 Å². The molecular weight excluding hydrogens is 256 g/mol. The first kappa shape index (κ1) is 13.6. The molecule has 0 amide bonds. The predicted octanol–water partition coefficient (Wildman–Crippen LogP) is 3.31. The van der Waals surface area contributed by atoms with Gasteiger partial charge in [-0.1, -0.05) is 12.1 Å². The Balaban J connectivity index is 2.33. The molecule has 0 aliphatic heterocycles. The monoisotopic (exact) mass is 272 g/mol. The highest BCUT2D eigenvalue weighted by atomic mass is 32.1. The largest absolute Gasteiger partial charge is 0.389 e. The van der Waals surface area contributed by atoms with Crippen molar-refractivity contribution in [1.82, 2.24) is 0 Å². The Hall–Kier alpha value is -1.83. The van der Waals surface area contributed by atoms with Crippen LogP contribution in [0.4, 0.5) is 5.69 Å². The van der Waals surface area contributed by atoms with Gasteiger partial charge < -0.3 is 10.0 Å². The minimum absolute atomic E-state index is 0.548. The molecule has 0 bridgehead atoms. The van der Waals surface area contributed by atoms with E-state index in [0.29, 0.717) is 5.56 Å². The van der Waals surface area contributed by atoms with Crippen LogP contribution in [0.3, 0.4) is 0 Å². The second-order valence-electron chi connectivity index (χ2n) is 4.50. The van der Waals surface area contributed by atoms with Crippen molar-refractivity contribution in [2.24, 2.45) is 0 Å². The van der Waals surface area contributed by atoms with E-state index >= 15 is 0 Å². The SMILES string of the molecule is C[C@H](O)c1ccc(C#N)cc1N(C)Cc1cccs1. The van der Waals surface area contributed by atoms with E-state index in [9.17, 15) is 5.11 Å². The molecule has 0 fully saturated rings. The number of benzene rings is 1. The highest BCUT2D eigenvalue weighted by molar-refractivity contribution is 7.09. The zero-order chi connectivity index (χ0) is 13.8. The van der Waals surface area contributed by atoms with Crippen LogP contribution in [0.1, 0.15) is 29.0 Å². The Morgan fingerprint density at radius 3 is 2.79 bits per heavy atom. The van der Waals surface area contributed by atoms with Gasteiger partial charge in [0.05, 0.1) is 24.3 Å². The molecule has 2 rings (SSSR count). The summed E-state index contributed by atoms with van der Waals surface area (Å²) >= 11 is 1.70. The minimum atomic E-state index is -0.548. The Labute approximate surface area is 117 Å². The molecular formula is C15H16N2OS. The third-order valence-corrected chi connectivity index (χ3v) is 3.86. The average Bonchev–Trinajstić information content (AvgIpc) is 2.90. The standard InChI is InChI=1S/C15H16N2OS/c1-11(18)14-6-5-12(9-16)8-15(14)17(2)10-13-4-3-7-19-13/h3-8,11,18H,10H2,1-2H3/t11-/m0/s1. The number of aliphatic hydroxyl groups is 1. The van der Waals surface area contributed by atoms with Crippen molar-refractivity contribution in [3.63, 3.8) is 0 Å². The summed E-state index contributed by atoms with van der Waals surface area (Å²) in [5.74, 6) is 0. The van der Waals surface area contributed by atoms with Gasteiger partial charge in [-0.05, 0) is 30.5 Å². The fourth-order valence-corrected chi connectivity index (χ4v) is 2.78. The molecule has 1 N–H and O–H groups in total. The van der Waals surface area contributed by atoms with E-state index in [2.05, 4.69) is 17.0 Å². The molecule has 2 aromatic rings. The van der Waals surface area contributed by atoms with Crippen LogP contribution < -0.4 is 4.90 Å². The number of rotatable bonds is 4. The van der Waals surface area contributed by atoms with Gasteiger partial charge in [0.25, 0.3) is 0 Å². The fourth-order valence-electron chi connectivity index (χ4n) is 2.02. The molecule has 1 aromatic heterocycles. The van der Waals surface area contributed by atoms with Crippen molar-refractivity contribution in [2.75, 3.05) is 11.9 Å². The highest BCUT2D eigenvalue weighted by Gasteiger charge is 2.13. The van der Waals surface area contributed by atoms with Crippen molar-refractivity contribution >= 4 is 17.0 Å². The second kappa shape index (κ2) is 5.87. The maximum Gasteiger partial charge on any atom is 0.0992 e. The van der Waals surface area contributed by atoms with E-state index in [4.69, 9.17) is 5.26 Å². The van der Waals surface area contributed by atoms with E-state index < -0.39 is 6.10 Å². The molecule has 0 spiro atoms. The molecule has 19 heavy (non-hydrogen) atoms. The Kier molecular flexibility index (Phi) is 4.20. The van der Waals surface area contributed by atoms with E-state index in [1.165, 1.54) is 4.88 Å². The third-order valence-electron chi connectivity index (χ3n) is 2.99. The maximum absolute atomic E-state index is 9.84. The number of thiophene rings is 1. The molecule has 1 aromatic carbocycles. The van der Waals surface area contributed by atoms with Crippen LogP contribution in [-0.2, 0) is 6.54 Å². The fraction of sp³-hybridized carbons (Fsp3) is 0.267. The summed E-state index contributed by atoms with van der Waals surface area (Å²) in [5.41, 5.74) is 2.36. The van der Waals surface area contributed by atoms with Crippen molar-refractivity contribution in [1.29, 1.82) is 5.26 Å². The van der Waals surface area contributed by atoms with Gasteiger partial charge in [-0.2, -0.15) is 5.26 Å². The Morgan fingerprint density at radius 2 is 2.21 bits per heavy atom. The zero-order valence-corrected chi connectivity index (χ0v) is 11.8. The summed E-state index contributed by atoms with van der Waals surface area (Å²) in [5, 5.41) is 20.9. The van der Waals surface area contributed by atoms with Crippen LogP contribution in [-0.4, -0.2) is 12.2 Å². The third kappa shape index (κ3) is 3.14. The molecule has 1 heterocycles. The van der Waals surface area contributed by atoms with Gasteiger partial charge in [0, 0.05) is 23.2 Å². The number of nitriles is 1. The highest BCUT2D eigenvalue weighted by Crippen LogP contribution is 2.28. The van der Waals surface area contributed by atoms with Crippen molar-refractivity contribution in [3.8, 4) is 6.07 Å². The first-order chi connectivity index (χ1) is 9.11. The summed E-state index contributed by atoms with van der Waals surface area (Å²) in [6.45, 7) is 2.51. The molecule has 0 aliphatic rings. The second-order valence-corrected chi connectivity index (χ2v) is 5.53. The Morgan fingerprint density at radius 1 is 1.42 bits per heavy atom. The first-order valence-corrected chi connectivity index (χ1v) is 6.95. The number of nitrogens with zero attached hydrogens (tertiary/aromatic N) is 2. The van der Waals surface area contributed by atoms with Crippen molar-refractivity contribution in [2.45, 2.75) is 19.6 Å². The van der Waals surface area contributed by atoms with E-state index in [0.717, 1.165) is 17.8 Å². The molecule has 0 unspecified atom stereocenters. The summed E-state index contributed by atoms with van der Waals surface area (Å²) in [7, 11) is 1.97. The topological polar surface area (TPSA) is 47.3 Å². The van der Waals surface area contributed by atoms with Crippen LogP contribution in [0, 0.1) is 11.3 Å². The lowest BCUT2D eigenvalue weighted by atomic mass is 10.0. The molecule has 1 atom stereocenters. The first-order valence-electron chi connectivity index (χ1n) is 6.07. The summed E-state index contributed by atoms with van der Waals surface area (Å²) in [6.07, 6.45) is -0.548. The van der Waals surface area contributed by atoms with E-state index in [1.807, 2.05) is 30.6 Å². The van der Waals surface area contributed by atoms with E-state index in [1.54, 1.807) is 24.3 Å². The number of anilines is 1. The lowest BCUT2D eigenvalue weighted by Gasteiger charge is -2.23. The van der Waals surface area contributed by atoms with Crippen LogP contribution in [0.25, 0.3) is 0 Å². The number of hydrogen-bond donors (Lipinski definition) is 1. The smallest absolute Gasteiger partial charge is 0.0992 e. The summed E-state index contributed by atoms with van der Waals surface area (Å²) < 4.78 is 0. The van der Waals surface area contributed by atoms with Gasteiger partial charge in [0.1, 0.15) is 0 Å². The van der Waals surface area contributed by atoms with Gasteiger partial charge in [-0.3, -0.25) is 0 Å². The van der Waals surface area contributed by atoms with E-state index in [-0.39, 0.29) is 0 Å². The Bertz CT molecular complexity index is 585. The van der Waals surface area contributed by atoms with Gasteiger partial charge in [0.2, 0.25) is 0 Å². The lowest BCUT2D eigenvalue weighted by Crippen LogP contribution is -2.18. The molecule has 98 valence electrons. The van der Waals surface area contributed by atoms with Crippen molar-refractivity contribution < 1.29 is 5.11 Å². The predicted molar refractivity (Wildman–Crippen MR) is 78.2 cm³/mol. The number of aliphatic hydroxyl groups excluding tert-OH is 1. The quantitative estimate of drug-likeness (QED) is 0.929. The summed E-state index contributed by atoms with van der Waals surface area (Å²) in [6, 6.07) is 11.6. The normalized spacial score (nSPS) is 11.9. The van der Waals surface area contributed by atoms with Gasteiger partial charge in [0.15, 0.2) is 0 Å². The zero-order valence-electron chi connectivity index (χ0n) is 11.0. The van der Waals surface area contributed by atoms with Crippen molar-refractivity contribution in [3.05, 3.63) is 51.7 Å². The molecule has 0 aliphatic carbocycles. The molecule has 0 radical (unpaired) electrons. The van der Waals surface area contributed by atoms with Crippen LogP contribution >= 0.6 is 11.3 Å². The molecule has 4 heteroatoms. The van der Waals surface area contributed by atoms with Gasteiger partial charge in [-0.15, -0.1) is 11.3 Å². The summed E-state index contributed by atoms with van der Waals surface area (Å²) in [4.78, 5) is 3.32. The molecule has 0 saturated heterocycles. The maximum atomic E-state index is 9.84. The lowest BCUT2D eigenvalue weighted by molar-refractivity contribution is 0.199. The average molecular weight is 272 g/mol. The number of hydrogen-bond acceptors (Lipinski definition) is 4. The molecule has 3 nitrogen and oxygen atoms in total.